The first-order valence-corrected chi connectivity index (χ1v) is 5.26. The second-order valence-corrected chi connectivity index (χ2v) is 3.74. The Bertz CT molecular complexity index is 507. The molecule has 4 nitrogen and oxygen atoms in total. The summed E-state index contributed by atoms with van der Waals surface area (Å²) >= 11 is 0. The number of nitrogens with zero attached hydrogens (tertiary/aromatic N) is 2. The lowest BCUT2D eigenvalue weighted by atomic mass is 10.2. The largest absolute Gasteiger partial charge is 0.419 e. The third-order valence-corrected chi connectivity index (χ3v) is 2.40. The lowest BCUT2D eigenvalue weighted by Crippen LogP contribution is -2.15. The smallest absolute Gasteiger partial charge is 0.360 e. The van der Waals surface area contributed by atoms with E-state index in [0.717, 1.165) is 6.07 Å². The summed E-state index contributed by atoms with van der Waals surface area (Å²) in [6, 6.07) is 1.85. The van der Waals surface area contributed by atoms with Gasteiger partial charge in [0.1, 0.15) is 11.6 Å². The molecular formula is C11H11F3N4. The van der Waals surface area contributed by atoms with E-state index in [2.05, 4.69) is 20.3 Å². The van der Waals surface area contributed by atoms with E-state index < -0.39 is 17.8 Å². The second kappa shape index (κ2) is 4.67. The third kappa shape index (κ3) is 2.61. The summed E-state index contributed by atoms with van der Waals surface area (Å²) < 4.78 is 38.2. The average Bonchev–Trinajstić information content (AvgIpc) is 2.81. The van der Waals surface area contributed by atoms with E-state index in [1.807, 2.05) is 0 Å². The van der Waals surface area contributed by atoms with Gasteiger partial charge in [-0.25, -0.2) is 9.97 Å². The summed E-state index contributed by atoms with van der Waals surface area (Å²) in [5, 5.41) is 2.69. The van der Waals surface area contributed by atoms with Crippen LogP contribution >= 0.6 is 0 Å². The first-order valence-electron chi connectivity index (χ1n) is 5.26. The van der Waals surface area contributed by atoms with E-state index in [1.54, 1.807) is 13.1 Å². The highest BCUT2D eigenvalue weighted by Gasteiger charge is 2.34. The number of nitrogens with one attached hydrogen (secondary N) is 2. The van der Waals surface area contributed by atoms with Gasteiger partial charge in [0.25, 0.3) is 0 Å². The summed E-state index contributed by atoms with van der Waals surface area (Å²) in [5.41, 5.74) is -0.789. The standard InChI is InChI=1S/C11H11F3N4/c1-7(9-16-5-6-17-9)18-10-8(11(12,13)14)3-2-4-15-10/h2-7H,1H3,(H,15,18)(H,16,17). The highest BCUT2D eigenvalue weighted by molar-refractivity contribution is 5.46. The van der Waals surface area contributed by atoms with Crippen molar-refractivity contribution < 1.29 is 13.2 Å². The van der Waals surface area contributed by atoms with E-state index >= 15 is 0 Å². The van der Waals surface area contributed by atoms with E-state index in [4.69, 9.17) is 0 Å². The molecule has 0 aliphatic heterocycles. The summed E-state index contributed by atoms with van der Waals surface area (Å²) in [6.45, 7) is 1.70. The number of aromatic nitrogens is 3. The monoisotopic (exact) mass is 256 g/mol. The molecule has 0 bridgehead atoms. The van der Waals surface area contributed by atoms with Gasteiger partial charge in [-0.3, -0.25) is 0 Å². The average molecular weight is 256 g/mol. The van der Waals surface area contributed by atoms with Gasteiger partial charge < -0.3 is 10.3 Å². The summed E-state index contributed by atoms with van der Waals surface area (Å²) in [6.07, 6.45) is 0.0269. The Labute approximate surface area is 101 Å². The number of imidazole rings is 1. The fourth-order valence-corrected chi connectivity index (χ4v) is 1.54. The van der Waals surface area contributed by atoms with Gasteiger partial charge in [-0.05, 0) is 19.1 Å². The summed E-state index contributed by atoms with van der Waals surface area (Å²) in [4.78, 5) is 10.5. The molecule has 0 aliphatic rings. The Kier molecular flexibility index (Phi) is 3.22. The van der Waals surface area contributed by atoms with Gasteiger partial charge in [0.15, 0.2) is 0 Å². The molecule has 0 aliphatic carbocycles. The number of hydrogen-bond acceptors (Lipinski definition) is 3. The minimum atomic E-state index is -4.43. The number of alkyl halides is 3. The highest BCUT2D eigenvalue weighted by Crippen LogP contribution is 2.34. The number of pyridine rings is 1. The van der Waals surface area contributed by atoms with E-state index in [-0.39, 0.29) is 5.82 Å². The predicted octanol–water partition coefficient (Wildman–Crippen LogP) is 3.00. The Morgan fingerprint density at radius 2 is 2.06 bits per heavy atom. The SMILES string of the molecule is CC(Nc1ncccc1C(F)(F)F)c1ncc[nH]1. The molecule has 2 heterocycles. The van der Waals surface area contributed by atoms with Crippen molar-refractivity contribution in [2.45, 2.75) is 19.1 Å². The molecule has 0 radical (unpaired) electrons. The molecule has 2 aromatic heterocycles. The quantitative estimate of drug-likeness (QED) is 0.887. The zero-order valence-electron chi connectivity index (χ0n) is 9.49. The maximum atomic E-state index is 12.7. The molecule has 0 saturated heterocycles. The van der Waals surface area contributed by atoms with Gasteiger partial charge in [0, 0.05) is 18.6 Å². The molecule has 7 heteroatoms. The third-order valence-electron chi connectivity index (χ3n) is 2.40. The molecule has 96 valence electrons. The Balaban J connectivity index is 2.24. The predicted molar refractivity (Wildman–Crippen MR) is 59.9 cm³/mol. The first kappa shape index (κ1) is 12.4. The van der Waals surface area contributed by atoms with Crippen LogP contribution in [0.25, 0.3) is 0 Å². The van der Waals surface area contributed by atoms with Gasteiger partial charge in [0.05, 0.1) is 11.6 Å². The van der Waals surface area contributed by atoms with Crippen molar-refractivity contribution in [3.63, 3.8) is 0 Å². The van der Waals surface area contributed by atoms with Crippen LogP contribution < -0.4 is 5.32 Å². The van der Waals surface area contributed by atoms with Crippen LogP contribution in [0.15, 0.2) is 30.7 Å². The van der Waals surface area contributed by atoms with Crippen molar-refractivity contribution in [1.29, 1.82) is 0 Å². The molecule has 2 aromatic rings. The summed E-state index contributed by atoms with van der Waals surface area (Å²) in [7, 11) is 0. The van der Waals surface area contributed by atoms with Crippen LogP contribution in [-0.4, -0.2) is 15.0 Å². The number of aromatic amines is 1. The highest BCUT2D eigenvalue weighted by atomic mass is 19.4. The van der Waals surface area contributed by atoms with Crippen LogP contribution in [0.4, 0.5) is 19.0 Å². The Morgan fingerprint density at radius 1 is 1.28 bits per heavy atom. The van der Waals surface area contributed by atoms with Crippen LogP contribution in [0.2, 0.25) is 0 Å². The topological polar surface area (TPSA) is 53.6 Å². The van der Waals surface area contributed by atoms with Crippen LogP contribution in [0, 0.1) is 0 Å². The van der Waals surface area contributed by atoms with Crippen LogP contribution in [0.3, 0.4) is 0 Å². The van der Waals surface area contributed by atoms with Crippen molar-refractivity contribution in [2.24, 2.45) is 0 Å². The fourth-order valence-electron chi connectivity index (χ4n) is 1.54. The molecule has 0 aromatic carbocycles. The first-order chi connectivity index (χ1) is 8.48. The van der Waals surface area contributed by atoms with Crippen molar-refractivity contribution >= 4 is 5.82 Å². The van der Waals surface area contributed by atoms with Gasteiger partial charge in [-0.15, -0.1) is 0 Å². The molecule has 0 saturated carbocycles. The van der Waals surface area contributed by atoms with Gasteiger partial charge >= 0.3 is 6.18 Å². The fraction of sp³-hybridized carbons (Fsp3) is 0.273. The normalized spacial score (nSPS) is 13.3. The van der Waals surface area contributed by atoms with Crippen molar-refractivity contribution in [1.82, 2.24) is 15.0 Å². The minimum Gasteiger partial charge on any atom is -0.360 e. The van der Waals surface area contributed by atoms with E-state index in [1.165, 1.54) is 18.5 Å². The lowest BCUT2D eigenvalue weighted by molar-refractivity contribution is -0.137. The second-order valence-electron chi connectivity index (χ2n) is 3.74. The number of rotatable bonds is 3. The zero-order chi connectivity index (χ0) is 13.2. The lowest BCUT2D eigenvalue weighted by Gasteiger charge is -2.16. The molecule has 1 unspecified atom stereocenters. The number of H-pyrrole nitrogens is 1. The van der Waals surface area contributed by atoms with E-state index in [9.17, 15) is 13.2 Å². The molecule has 1 atom stereocenters. The number of anilines is 1. The maximum Gasteiger partial charge on any atom is 0.419 e. The van der Waals surface area contributed by atoms with Crippen LogP contribution in [0.5, 0.6) is 0 Å². The number of halogens is 3. The molecule has 2 N–H and O–H groups in total. The molecule has 2 rings (SSSR count). The Morgan fingerprint density at radius 3 is 2.67 bits per heavy atom. The maximum absolute atomic E-state index is 12.7. The van der Waals surface area contributed by atoms with Crippen molar-refractivity contribution in [3.8, 4) is 0 Å². The Hall–Kier alpha value is -2.05. The zero-order valence-corrected chi connectivity index (χ0v) is 9.49. The molecule has 0 spiro atoms. The van der Waals surface area contributed by atoms with Gasteiger partial charge in [-0.2, -0.15) is 13.2 Å². The van der Waals surface area contributed by atoms with Crippen molar-refractivity contribution in [2.75, 3.05) is 5.32 Å². The molecular weight excluding hydrogens is 245 g/mol. The van der Waals surface area contributed by atoms with Crippen molar-refractivity contribution in [3.05, 3.63) is 42.1 Å². The molecule has 0 fully saturated rings. The molecule has 0 amide bonds. The molecule has 18 heavy (non-hydrogen) atoms. The summed E-state index contributed by atoms with van der Waals surface area (Å²) in [5.74, 6) is 0.350. The van der Waals surface area contributed by atoms with Crippen LogP contribution in [0.1, 0.15) is 24.4 Å². The van der Waals surface area contributed by atoms with Gasteiger partial charge in [0.2, 0.25) is 0 Å². The van der Waals surface area contributed by atoms with Gasteiger partial charge in [-0.1, -0.05) is 0 Å². The van der Waals surface area contributed by atoms with Crippen LogP contribution in [-0.2, 0) is 6.18 Å². The van der Waals surface area contributed by atoms with E-state index in [0.29, 0.717) is 5.82 Å². The minimum absolute atomic E-state index is 0.200. The number of hydrogen-bond donors (Lipinski definition) is 2.